The Morgan fingerprint density at radius 2 is 1.67 bits per heavy atom. The predicted molar refractivity (Wildman–Crippen MR) is 122 cm³/mol. The van der Waals surface area contributed by atoms with Gasteiger partial charge in [0.15, 0.2) is 0 Å². The second-order valence-electron chi connectivity index (χ2n) is 7.43. The maximum absolute atomic E-state index is 12.5. The van der Waals surface area contributed by atoms with Crippen molar-refractivity contribution in [2.75, 3.05) is 23.7 Å². The molecule has 192 valence electrons. The topological polar surface area (TPSA) is 186 Å². The molecule has 1 aliphatic rings. The molecular formula is C22H22F3N5O6. The van der Waals surface area contributed by atoms with Gasteiger partial charge >= 0.3 is 18.1 Å². The predicted octanol–water partition coefficient (Wildman–Crippen LogP) is 2.09. The van der Waals surface area contributed by atoms with Gasteiger partial charge in [0, 0.05) is 35.6 Å². The van der Waals surface area contributed by atoms with E-state index in [-0.39, 0.29) is 43.7 Å². The van der Waals surface area contributed by atoms with Crippen LogP contribution in [0.2, 0.25) is 0 Å². The third-order valence-corrected chi connectivity index (χ3v) is 4.80. The van der Waals surface area contributed by atoms with Gasteiger partial charge in [-0.05, 0) is 35.9 Å². The fourth-order valence-corrected chi connectivity index (χ4v) is 2.99. The third kappa shape index (κ3) is 8.00. The summed E-state index contributed by atoms with van der Waals surface area (Å²) in [6, 6.07) is 11.6. The number of fused-ring (bicyclic) bond motifs is 1. The molecule has 1 aliphatic heterocycles. The van der Waals surface area contributed by atoms with Crippen LogP contribution in [0.3, 0.4) is 0 Å². The van der Waals surface area contributed by atoms with Gasteiger partial charge < -0.3 is 31.5 Å². The Balaban J connectivity index is 0.000000572. The normalized spacial score (nSPS) is 12.8. The second kappa shape index (κ2) is 11.7. The second-order valence-corrected chi connectivity index (χ2v) is 7.43. The molecule has 0 aromatic heterocycles. The van der Waals surface area contributed by atoms with E-state index in [1.165, 1.54) is 4.90 Å². The molecule has 2 aromatic rings. The van der Waals surface area contributed by atoms with Gasteiger partial charge in [0.25, 0.3) is 5.91 Å². The molecule has 0 bridgehead atoms. The van der Waals surface area contributed by atoms with Crippen LogP contribution in [-0.2, 0) is 20.9 Å². The number of alkyl halides is 3. The Hall–Kier alpha value is -4.62. The lowest BCUT2D eigenvalue weighted by Gasteiger charge is -2.19. The van der Waals surface area contributed by atoms with Crippen LogP contribution in [0.5, 0.6) is 0 Å². The standard InChI is InChI=1S/C20H21N5O4.C2HF3O2/c21-19(22)12-1-3-13(4-2-12)20(29)24-15-5-6-16-14(9-15)11-25(8-7-18(27)28)17(26)10-23-16;3-2(4,5)1(6)7/h1-6,9,23H,7-8,10-11H2,(H3,21,22)(H,24,29)(H,27,28);(H,6,7). The van der Waals surface area contributed by atoms with Gasteiger partial charge in [-0.15, -0.1) is 0 Å². The molecular weight excluding hydrogens is 487 g/mol. The summed E-state index contributed by atoms with van der Waals surface area (Å²) in [4.78, 5) is 45.9. The summed E-state index contributed by atoms with van der Waals surface area (Å²) in [5, 5.41) is 29.2. The number of carboxylic acids is 2. The summed E-state index contributed by atoms with van der Waals surface area (Å²) in [7, 11) is 0. The minimum Gasteiger partial charge on any atom is -0.481 e. The molecule has 0 saturated heterocycles. The lowest BCUT2D eigenvalue weighted by Crippen LogP contribution is -2.34. The van der Waals surface area contributed by atoms with Crippen molar-refractivity contribution in [2.45, 2.75) is 19.1 Å². The number of nitrogens with zero attached hydrogens (tertiary/aromatic N) is 1. The van der Waals surface area contributed by atoms with Crippen LogP contribution >= 0.6 is 0 Å². The van der Waals surface area contributed by atoms with Crippen molar-refractivity contribution in [2.24, 2.45) is 5.73 Å². The monoisotopic (exact) mass is 509 g/mol. The van der Waals surface area contributed by atoms with E-state index < -0.39 is 18.1 Å². The van der Waals surface area contributed by atoms with E-state index in [0.29, 0.717) is 16.8 Å². The fraction of sp³-hybridized carbons (Fsp3) is 0.227. The third-order valence-electron chi connectivity index (χ3n) is 4.80. The fourth-order valence-electron chi connectivity index (χ4n) is 2.99. The molecule has 7 N–H and O–H groups in total. The first-order chi connectivity index (χ1) is 16.8. The highest BCUT2D eigenvalue weighted by atomic mass is 19.4. The molecule has 0 atom stereocenters. The van der Waals surface area contributed by atoms with Crippen molar-refractivity contribution >= 4 is 41.0 Å². The molecule has 1 heterocycles. The molecule has 2 amide bonds. The number of carbonyl (C=O) groups excluding carboxylic acids is 2. The number of carboxylic acid groups (broad SMARTS) is 2. The summed E-state index contributed by atoms with van der Waals surface area (Å²) in [6.07, 6.45) is -5.21. The van der Waals surface area contributed by atoms with Gasteiger partial charge in [-0.3, -0.25) is 19.8 Å². The Bertz CT molecular complexity index is 1170. The number of halogens is 3. The van der Waals surface area contributed by atoms with Gasteiger partial charge in [-0.1, -0.05) is 12.1 Å². The van der Waals surface area contributed by atoms with Crippen molar-refractivity contribution < 1.29 is 42.6 Å². The zero-order valence-corrected chi connectivity index (χ0v) is 18.6. The minimum absolute atomic E-state index is 0.0720. The Morgan fingerprint density at radius 1 is 1.08 bits per heavy atom. The number of nitrogens with one attached hydrogen (secondary N) is 3. The highest BCUT2D eigenvalue weighted by molar-refractivity contribution is 6.05. The van der Waals surface area contributed by atoms with Gasteiger partial charge in [-0.2, -0.15) is 13.2 Å². The molecule has 0 aliphatic carbocycles. The first-order valence-electron chi connectivity index (χ1n) is 10.2. The van der Waals surface area contributed by atoms with E-state index in [9.17, 15) is 27.6 Å². The zero-order chi connectivity index (χ0) is 27.0. The zero-order valence-electron chi connectivity index (χ0n) is 18.6. The van der Waals surface area contributed by atoms with Gasteiger partial charge in [0.1, 0.15) is 5.84 Å². The largest absolute Gasteiger partial charge is 0.490 e. The number of amides is 2. The van der Waals surface area contributed by atoms with E-state index in [0.717, 1.165) is 11.3 Å². The van der Waals surface area contributed by atoms with Gasteiger partial charge in [0.2, 0.25) is 5.91 Å². The number of amidine groups is 1. The number of hydrogen-bond donors (Lipinski definition) is 6. The van der Waals surface area contributed by atoms with Crippen LogP contribution in [0.25, 0.3) is 0 Å². The number of anilines is 2. The minimum atomic E-state index is -5.08. The van der Waals surface area contributed by atoms with Crippen LogP contribution in [0, 0.1) is 5.41 Å². The molecule has 0 spiro atoms. The molecule has 11 nitrogen and oxygen atoms in total. The number of rotatable bonds is 6. The van der Waals surface area contributed by atoms with Crippen molar-refractivity contribution in [1.29, 1.82) is 5.41 Å². The number of aliphatic carboxylic acids is 2. The summed E-state index contributed by atoms with van der Waals surface area (Å²) < 4.78 is 31.7. The molecule has 0 radical (unpaired) electrons. The molecule has 0 unspecified atom stereocenters. The summed E-state index contributed by atoms with van der Waals surface area (Å²) in [5.74, 6) is -4.30. The van der Waals surface area contributed by atoms with Crippen molar-refractivity contribution in [3.8, 4) is 0 Å². The lowest BCUT2D eigenvalue weighted by molar-refractivity contribution is -0.192. The van der Waals surface area contributed by atoms with E-state index in [1.807, 2.05) is 0 Å². The van der Waals surface area contributed by atoms with E-state index >= 15 is 0 Å². The van der Waals surface area contributed by atoms with Crippen LogP contribution in [0.4, 0.5) is 24.5 Å². The van der Waals surface area contributed by atoms with E-state index in [1.54, 1.807) is 42.5 Å². The highest BCUT2D eigenvalue weighted by Gasteiger charge is 2.38. The van der Waals surface area contributed by atoms with Crippen molar-refractivity contribution in [3.63, 3.8) is 0 Å². The Kier molecular flexibility index (Phi) is 8.96. The molecule has 36 heavy (non-hydrogen) atoms. The Morgan fingerprint density at radius 3 is 2.19 bits per heavy atom. The first-order valence-corrected chi connectivity index (χ1v) is 10.2. The SMILES string of the molecule is N=C(N)c1ccc(C(=O)Nc2ccc3c(c2)CN(CCC(=O)O)C(=O)CN3)cc1.O=C(O)C(F)(F)F. The highest BCUT2D eigenvalue weighted by Crippen LogP contribution is 2.25. The molecule has 14 heteroatoms. The van der Waals surface area contributed by atoms with Crippen LogP contribution in [0.1, 0.15) is 27.9 Å². The van der Waals surface area contributed by atoms with Gasteiger partial charge in [0.05, 0.1) is 13.0 Å². The average Bonchev–Trinajstić information content (AvgIpc) is 2.95. The molecule has 0 fully saturated rings. The molecule has 0 saturated carbocycles. The van der Waals surface area contributed by atoms with Crippen LogP contribution < -0.4 is 16.4 Å². The quantitative estimate of drug-likeness (QED) is 0.252. The lowest BCUT2D eigenvalue weighted by atomic mass is 10.1. The smallest absolute Gasteiger partial charge is 0.481 e. The van der Waals surface area contributed by atoms with Crippen molar-refractivity contribution in [3.05, 3.63) is 59.2 Å². The molecule has 3 rings (SSSR count). The number of carbonyl (C=O) groups is 4. The Labute approximate surface area is 202 Å². The van der Waals surface area contributed by atoms with Crippen molar-refractivity contribution in [1.82, 2.24) is 4.90 Å². The number of benzene rings is 2. The van der Waals surface area contributed by atoms with Gasteiger partial charge in [-0.25, -0.2) is 4.79 Å². The maximum atomic E-state index is 12.5. The number of hydrogen-bond acceptors (Lipinski definition) is 6. The summed E-state index contributed by atoms with van der Waals surface area (Å²) in [6.45, 7) is 0.459. The number of nitrogen functional groups attached to an aromatic ring is 1. The summed E-state index contributed by atoms with van der Waals surface area (Å²) in [5.41, 5.74) is 8.47. The first kappa shape index (κ1) is 27.6. The molecule has 2 aromatic carbocycles. The van der Waals surface area contributed by atoms with Crippen LogP contribution in [0.15, 0.2) is 42.5 Å². The maximum Gasteiger partial charge on any atom is 0.490 e. The van der Waals surface area contributed by atoms with E-state index in [2.05, 4.69) is 10.6 Å². The average molecular weight is 509 g/mol. The van der Waals surface area contributed by atoms with E-state index in [4.69, 9.17) is 26.2 Å². The number of nitrogens with two attached hydrogens (primary N) is 1. The van der Waals surface area contributed by atoms with Crippen LogP contribution in [-0.4, -0.2) is 64.0 Å². The summed E-state index contributed by atoms with van der Waals surface area (Å²) >= 11 is 0.